The van der Waals surface area contributed by atoms with Crippen LogP contribution in [-0.2, 0) is 4.74 Å². The molecule has 0 bridgehead atoms. The molecule has 3 N–H and O–H groups in total. The van der Waals surface area contributed by atoms with Crippen LogP contribution < -0.4 is 20.9 Å². The molecule has 2 amide bonds. The number of nitrogens with one attached hydrogen (secondary N) is 3. The number of carbonyl (C=O) groups excluding carboxylic acids is 1. The van der Waals surface area contributed by atoms with Gasteiger partial charge in [-0.15, -0.1) is 0 Å². The molecule has 4 heterocycles. The molecule has 10 nitrogen and oxygen atoms in total. The van der Waals surface area contributed by atoms with E-state index in [-0.39, 0.29) is 6.03 Å². The van der Waals surface area contributed by atoms with Crippen molar-refractivity contribution in [1.82, 2.24) is 25.3 Å². The maximum atomic E-state index is 11.7. The van der Waals surface area contributed by atoms with Crippen molar-refractivity contribution in [2.24, 2.45) is 0 Å². The van der Waals surface area contributed by atoms with Crippen LogP contribution in [0.5, 0.6) is 0 Å². The van der Waals surface area contributed by atoms with Gasteiger partial charge in [0.15, 0.2) is 11.5 Å². The normalized spacial score (nSPS) is 13.9. The fraction of sp³-hybridized carbons (Fsp3) is 0.316. The Bertz CT molecular complexity index is 989. The van der Waals surface area contributed by atoms with Gasteiger partial charge in [-0.25, -0.2) is 24.7 Å². The highest BCUT2D eigenvalue weighted by Crippen LogP contribution is 2.19. The molecule has 1 aliphatic heterocycles. The Morgan fingerprint density at radius 1 is 1.07 bits per heavy atom. The lowest BCUT2D eigenvalue weighted by atomic mass is 10.3. The lowest BCUT2D eigenvalue weighted by Gasteiger charge is -2.27. The van der Waals surface area contributed by atoms with Crippen LogP contribution in [0.3, 0.4) is 0 Å². The third-order valence-electron chi connectivity index (χ3n) is 4.34. The maximum absolute atomic E-state index is 11.7. The van der Waals surface area contributed by atoms with Crippen LogP contribution in [0.4, 0.5) is 27.9 Å². The third kappa shape index (κ3) is 4.66. The predicted molar refractivity (Wildman–Crippen MR) is 111 cm³/mol. The first kappa shape index (κ1) is 18.8. The Morgan fingerprint density at radius 3 is 2.66 bits per heavy atom. The van der Waals surface area contributed by atoms with Crippen LogP contribution in [0.25, 0.3) is 11.2 Å². The number of carbonyl (C=O) groups is 1. The molecule has 1 fully saturated rings. The molecular weight excluding hydrogens is 372 g/mol. The molecular formula is C19H22N8O2. The summed E-state index contributed by atoms with van der Waals surface area (Å²) in [5.41, 5.74) is 1.87. The Labute approximate surface area is 167 Å². The highest BCUT2D eigenvalue weighted by Gasteiger charge is 2.12. The molecule has 150 valence electrons. The average Bonchev–Trinajstić information content (AvgIpc) is 2.75. The predicted octanol–water partition coefficient (Wildman–Crippen LogP) is 2.14. The zero-order valence-corrected chi connectivity index (χ0v) is 16.1. The van der Waals surface area contributed by atoms with Crippen molar-refractivity contribution in [3.8, 4) is 0 Å². The molecule has 0 unspecified atom stereocenters. The molecule has 0 aliphatic carbocycles. The van der Waals surface area contributed by atoms with Gasteiger partial charge in [0.25, 0.3) is 0 Å². The zero-order chi connectivity index (χ0) is 20.1. The van der Waals surface area contributed by atoms with Gasteiger partial charge in [0.05, 0.1) is 31.3 Å². The summed E-state index contributed by atoms with van der Waals surface area (Å²) >= 11 is 0. The lowest BCUT2D eigenvalue weighted by Crippen LogP contribution is -2.36. The number of amides is 2. The monoisotopic (exact) mass is 394 g/mol. The van der Waals surface area contributed by atoms with Crippen LogP contribution in [0.2, 0.25) is 0 Å². The van der Waals surface area contributed by atoms with Gasteiger partial charge in [0, 0.05) is 19.6 Å². The van der Waals surface area contributed by atoms with E-state index in [4.69, 9.17) is 4.74 Å². The van der Waals surface area contributed by atoms with Crippen LogP contribution in [-0.4, -0.2) is 58.8 Å². The Kier molecular flexibility index (Phi) is 5.61. The largest absolute Gasteiger partial charge is 0.378 e. The Balaban J connectivity index is 1.47. The van der Waals surface area contributed by atoms with Gasteiger partial charge < -0.3 is 20.3 Å². The summed E-state index contributed by atoms with van der Waals surface area (Å²) in [6.45, 7) is 5.50. The highest BCUT2D eigenvalue weighted by atomic mass is 16.5. The number of ether oxygens (including phenoxy) is 1. The summed E-state index contributed by atoms with van der Waals surface area (Å²) in [5, 5.41) is 8.51. The fourth-order valence-electron chi connectivity index (χ4n) is 2.94. The van der Waals surface area contributed by atoms with E-state index >= 15 is 0 Å². The van der Waals surface area contributed by atoms with Gasteiger partial charge in [-0.05, 0) is 31.2 Å². The van der Waals surface area contributed by atoms with Crippen LogP contribution in [0.1, 0.15) is 6.92 Å². The number of hydrogen-bond donors (Lipinski definition) is 3. The van der Waals surface area contributed by atoms with Crippen LogP contribution in [0, 0.1) is 0 Å². The minimum atomic E-state index is -0.312. The van der Waals surface area contributed by atoms with E-state index in [9.17, 15) is 4.79 Å². The summed E-state index contributed by atoms with van der Waals surface area (Å²) in [4.78, 5) is 31.6. The molecule has 3 aromatic rings. The maximum Gasteiger partial charge on any atom is 0.320 e. The SMILES string of the molecule is CCNC(=O)Nc1ccc2ncc(Nc3ccc(N4CCOCC4)nc3)nc2n1. The first-order valence-corrected chi connectivity index (χ1v) is 9.45. The summed E-state index contributed by atoms with van der Waals surface area (Å²) in [5.74, 6) is 1.87. The minimum absolute atomic E-state index is 0.312. The molecule has 0 saturated carbocycles. The number of rotatable bonds is 5. The first-order chi connectivity index (χ1) is 14.2. The number of hydrogen-bond acceptors (Lipinski definition) is 8. The number of fused-ring (bicyclic) bond motifs is 1. The van der Waals surface area contributed by atoms with Gasteiger partial charge in [0.2, 0.25) is 0 Å². The first-order valence-electron chi connectivity index (χ1n) is 9.45. The second-order valence-electron chi connectivity index (χ2n) is 6.41. The molecule has 10 heteroatoms. The van der Waals surface area contributed by atoms with Gasteiger partial charge in [-0.3, -0.25) is 5.32 Å². The molecule has 0 atom stereocenters. The number of morpholine rings is 1. The van der Waals surface area contributed by atoms with Crippen molar-refractivity contribution >= 4 is 40.3 Å². The van der Waals surface area contributed by atoms with Crippen molar-refractivity contribution in [3.05, 3.63) is 36.7 Å². The van der Waals surface area contributed by atoms with Crippen LogP contribution >= 0.6 is 0 Å². The van der Waals surface area contributed by atoms with Crippen molar-refractivity contribution < 1.29 is 9.53 Å². The summed E-state index contributed by atoms with van der Waals surface area (Å²) in [7, 11) is 0. The number of anilines is 4. The second-order valence-corrected chi connectivity index (χ2v) is 6.41. The molecule has 0 aromatic carbocycles. The number of pyridine rings is 2. The average molecular weight is 394 g/mol. The van der Waals surface area contributed by atoms with E-state index in [1.54, 1.807) is 24.5 Å². The Hall–Kier alpha value is -3.53. The summed E-state index contributed by atoms with van der Waals surface area (Å²) in [6.07, 6.45) is 3.40. The van der Waals surface area contributed by atoms with E-state index < -0.39 is 0 Å². The van der Waals surface area contributed by atoms with E-state index in [0.717, 1.165) is 37.8 Å². The van der Waals surface area contributed by atoms with Crippen molar-refractivity contribution in [2.75, 3.05) is 48.4 Å². The highest BCUT2D eigenvalue weighted by molar-refractivity contribution is 5.89. The number of aromatic nitrogens is 4. The number of urea groups is 1. The molecule has 0 spiro atoms. The molecule has 1 aliphatic rings. The van der Waals surface area contributed by atoms with Crippen molar-refractivity contribution in [3.63, 3.8) is 0 Å². The number of nitrogens with zero attached hydrogens (tertiary/aromatic N) is 5. The van der Waals surface area contributed by atoms with Gasteiger partial charge in [-0.2, -0.15) is 0 Å². The molecule has 4 rings (SSSR count). The van der Waals surface area contributed by atoms with E-state index in [0.29, 0.717) is 29.3 Å². The topological polar surface area (TPSA) is 117 Å². The van der Waals surface area contributed by atoms with Crippen molar-refractivity contribution in [2.45, 2.75) is 6.92 Å². The minimum Gasteiger partial charge on any atom is -0.378 e. The standard InChI is InChI=1S/C19H22N8O2/c1-2-20-19(28)26-15-5-4-14-18(24-15)25-16(12-21-14)23-13-3-6-17(22-11-13)27-7-9-29-10-8-27/h3-6,11-12H,2,7-10H2,1H3,(H3,20,23,24,25,26,28). The van der Waals surface area contributed by atoms with Crippen molar-refractivity contribution in [1.29, 1.82) is 0 Å². The summed E-state index contributed by atoms with van der Waals surface area (Å²) in [6, 6.07) is 7.05. The fourth-order valence-corrected chi connectivity index (χ4v) is 2.94. The molecule has 1 saturated heterocycles. The van der Waals surface area contributed by atoms with E-state index in [1.807, 2.05) is 19.1 Å². The van der Waals surface area contributed by atoms with E-state index in [1.165, 1.54) is 0 Å². The van der Waals surface area contributed by atoms with E-state index in [2.05, 4.69) is 40.8 Å². The quantitative estimate of drug-likeness (QED) is 0.603. The van der Waals surface area contributed by atoms with Gasteiger partial charge >= 0.3 is 6.03 Å². The van der Waals surface area contributed by atoms with Crippen LogP contribution in [0.15, 0.2) is 36.7 Å². The smallest absolute Gasteiger partial charge is 0.320 e. The Morgan fingerprint density at radius 2 is 1.90 bits per heavy atom. The van der Waals surface area contributed by atoms with Gasteiger partial charge in [-0.1, -0.05) is 0 Å². The summed E-state index contributed by atoms with van der Waals surface area (Å²) < 4.78 is 5.37. The zero-order valence-electron chi connectivity index (χ0n) is 16.1. The lowest BCUT2D eigenvalue weighted by molar-refractivity contribution is 0.122. The second kappa shape index (κ2) is 8.65. The molecule has 0 radical (unpaired) electrons. The third-order valence-corrected chi connectivity index (χ3v) is 4.34. The molecule has 29 heavy (non-hydrogen) atoms. The van der Waals surface area contributed by atoms with Gasteiger partial charge in [0.1, 0.15) is 17.2 Å². The molecule has 3 aromatic heterocycles.